The summed E-state index contributed by atoms with van der Waals surface area (Å²) >= 11 is 0. The average molecular weight is 381 g/mol. The number of carbonyl (C=O) groups is 1. The molecule has 0 bridgehead atoms. The van der Waals surface area contributed by atoms with Gasteiger partial charge in [-0.1, -0.05) is 13.3 Å². The molecule has 0 spiro atoms. The van der Waals surface area contributed by atoms with Crippen LogP contribution in [0.1, 0.15) is 48.2 Å². The van der Waals surface area contributed by atoms with Crippen LogP contribution in [0.3, 0.4) is 0 Å². The van der Waals surface area contributed by atoms with E-state index < -0.39 is 5.56 Å². The summed E-state index contributed by atoms with van der Waals surface area (Å²) in [5.41, 5.74) is 0.738. The number of nitriles is 1. The fourth-order valence-electron chi connectivity index (χ4n) is 2.63. The second-order valence-electron chi connectivity index (χ2n) is 6.20. The summed E-state index contributed by atoms with van der Waals surface area (Å²) in [6, 6.07) is 8.37. The van der Waals surface area contributed by atoms with Gasteiger partial charge in [-0.2, -0.15) is 10.4 Å². The third kappa shape index (κ3) is 4.43. The molecule has 0 unspecified atom stereocenters. The average Bonchev–Trinajstić information content (AvgIpc) is 2.69. The highest BCUT2D eigenvalue weighted by Gasteiger charge is 2.18. The van der Waals surface area contributed by atoms with Crippen molar-refractivity contribution in [1.82, 2.24) is 9.88 Å². The number of aromatic hydroxyl groups is 1. The van der Waals surface area contributed by atoms with Crippen LogP contribution in [0.4, 0.5) is 11.4 Å². The standard InChI is InChI=1S/C20H23N5O3/c1-4-6-11-25-19(27)16(12-21)13(3)17(20(25)28)24-23-15-9-7-14(8-10-15)18(26)22-5-2/h7-10,28H,4-6,11H2,1-3H3,(H,22,26)/b24-23+. The maximum Gasteiger partial charge on any atom is 0.271 e. The van der Waals surface area contributed by atoms with Gasteiger partial charge in [0.05, 0.1) is 5.69 Å². The number of aromatic nitrogens is 1. The first-order chi connectivity index (χ1) is 13.4. The van der Waals surface area contributed by atoms with Gasteiger partial charge in [0.15, 0.2) is 5.69 Å². The predicted molar refractivity (Wildman–Crippen MR) is 105 cm³/mol. The maximum absolute atomic E-state index is 12.4. The quantitative estimate of drug-likeness (QED) is 0.710. The predicted octanol–water partition coefficient (Wildman–Crippen LogP) is 3.70. The van der Waals surface area contributed by atoms with Crippen LogP contribution in [-0.4, -0.2) is 22.1 Å². The van der Waals surface area contributed by atoms with Gasteiger partial charge in [0.25, 0.3) is 11.5 Å². The summed E-state index contributed by atoms with van der Waals surface area (Å²) < 4.78 is 1.15. The van der Waals surface area contributed by atoms with Crippen molar-refractivity contribution in [3.63, 3.8) is 0 Å². The van der Waals surface area contributed by atoms with Crippen LogP contribution in [0.2, 0.25) is 0 Å². The molecule has 0 aliphatic carbocycles. The lowest BCUT2D eigenvalue weighted by Gasteiger charge is -2.12. The van der Waals surface area contributed by atoms with Crippen molar-refractivity contribution in [3.8, 4) is 11.9 Å². The zero-order chi connectivity index (χ0) is 20.7. The molecule has 8 heteroatoms. The molecular formula is C20H23N5O3. The molecule has 0 saturated carbocycles. The minimum atomic E-state index is -0.531. The first-order valence-corrected chi connectivity index (χ1v) is 9.11. The second kappa shape index (κ2) is 9.46. The number of amides is 1. The van der Waals surface area contributed by atoms with Gasteiger partial charge < -0.3 is 10.4 Å². The molecule has 28 heavy (non-hydrogen) atoms. The number of nitrogens with zero attached hydrogens (tertiary/aromatic N) is 4. The normalized spacial score (nSPS) is 10.8. The maximum atomic E-state index is 12.4. The third-order valence-electron chi connectivity index (χ3n) is 4.24. The Balaban J connectivity index is 2.41. The van der Waals surface area contributed by atoms with E-state index in [1.54, 1.807) is 31.2 Å². The monoisotopic (exact) mass is 381 g/mol. The van der Waals surface area contributed by atoms with E-state index in [2.05, 4.69) is 15.5 Å². The van der Waals surface area contributed by atoms with Crippen LogP contribution >= 0.6 is 0 Å². The lowest BCUT2D eigenvalue weighted by Crippen LogP contribution is -2.23. The molecule has 2 aromatic rings. The Morgan fingerprint density at radius 2 is 1.93 bits per heavy atom. The molecule has 1 heterocycles. The van der Waals surface area contributed by atoms with Crippen LogP contribution < -0.4 is 10.9 Å². The van der Waals surface area contributed by atoms with E-state index in [0.29, 0.717) is 30.8 Å². The second-order valence-corrected chi connectivity index (χ2v) is 6.20. The van der Waals surface area contributed by atoms with Crippen molar-refractivity contribution in [2.45, 2.75) is 40.2 Å². The summed E-state index contributed by atoms with van der Waals surface area (Å²) in [6.45, 7) is 6.18. The van der Waals surface area contributed by atoms with Gasteiger partial charge >= 0.3 is 0 Å². The molecule has 1 amide bonds. The summed E-state index contributed by atoms with van der Waals surface area (Å²) in [7, 11) is 0. The van der Waals surface area contributed by atoms with Crippen molar-refractivity contribution >= 4 is 17.3 Å². The number of pyridine rings is 1. The number of nitrogens with one attached hydrogen (secondary N) is 1. The van der Waals surface area contributed by atoms with Crippen molar-refractivity contribution < 1.29 is 9.90 Å². The molecule has 2 rings (SSSR count). The zero-order valence-electron chi connectivity index (χ0n) is 16.2. The highest BCUT2D eigenvalue weighted by Crippen LogP contribution is 2.32. The van der Waals surface area contributed by atoms with Crippen LogP contribution in [0.15, 0.2) is 39.3 Å². The van der Waals surface area contributed by atoms with Gasteiger partial charge in [-0.05, 0) is 44.5 Å². The number of hydrogen-bond donors (Lipinski definition) is 2. The Labute approximate surface area is 163 Å². The summed E-state index contributed by atoms with van der Waals surface area (Å²) in [6.07, 6.45) is 1.51. The molecule has 8 nitrogen and oxygen atoms in total. The molecule has 2 N–H and O–H groups in total. The van der Waals surface area contributed by atoms with Crippen LogP contribution in [0.25, 0.3) is 0 Å². The van der Waals surface area contributed by atoms with Gasteiger partial charge in [0, 0.05) is 24.2 Å². The largest absolute Gasteiger partial charge is 0.493 e. The fourth-order valence-corrected chi connectivity index (χ4v) is 2.63. The molecule has 146 valence electrons. The van der Waals surface area contributed by atoms with E-state index in [1.807, 2.05) is 19.9 Å². The van der Waals surface area contributed by atoms with Crippen LogP contribution in [0, 0.1) is 18.3 Å². The molecule has 0 aliphatic heterocycles. The summed E-state index contributed by atoms with van der Waals surface area (Å²) in [4.78, 5) is 24.2. The molecular weight excluding hydrogens is 358 g/mol. The number of carbonyl (C=O) groups excluding carboxylic acids is 1. The number of azo groups is 1. The first kappa shape index (κ1) is 20.8. The molecule has 0 aliphatic rings. The lowest BCUT2D eigenvalue weighted by molar-refractivity contribution is 0.0956. The van der Waals surface area contributed by atoms with E-state index in [4.69, 9.17) is 0 Å². The van der Waals surface area contributed by atoms with Gasteiger partial charge in [-0.15, -0.1) is 5.11 Å². The third-order valence-corrected chi connectivity index (χ3v) is 4.24. The van der Waals surface area contributed by atoms with Gasteiger partial charge in [0.2, 0.25) is 5.88 Å². The van der Waals surface area contributed by atoms with E-state index in [1.165, 1.54) is 0 Å². The Kier molecular flexibility index (Phi) is 7.04. The van der Waals surface area contributed by atoms with Crippen molar-refractivity contribution in [3.05, 3.63) is 51.3 Å². The SMILES string of the molecule is CCCCn1c(O)c(/N=N/c2ccc(C(=O)NCC)cc2)c(C)c(C#N)c1=O. The van der Waals surface area contributed by atoms with Gasteiger partial charge in [0.1, 0.15) is 11.6 Å². The minimum Gasteiger partial charge on any atom is -0.493 e. The van der Waals surface area contributed by atoms with Crippen molar-refractivity contribution in [2.75, 3.05) is 6.54 Å². The number of benzene rings is 1. The Morgan fingerprint density at radius 1 is 1.25 bits per heavy atom. The molecule has 0 radical (unpaired) electrons. The highest BCUT2D eigenvalue weighted by molar-refractivity contribution is 5.94. The number of unbranched alkanes of at least 4 members (excludes halogenated alkanes) is 1. The summed E-state index contributed by atoms with van der Waals surface area (Å²) in [5, 5.41) is 30.7. The van der Waals surface area contributed by atoms with Gasteiger partial charge in [-0.3, -0.25) is 14.2 Å². The molecule has 1 aromatic heterocycles. The lowest BCUT2D eigenvalue weighted by atomic mass is 10.1. The number of hydrogen-bond acceptors (Lipinski definition) is 6. The van der Waals surface area contributed by atoms with Crippen LogP contribution in [0.5, 0.6) is 5.88 Å². The Bertz CT molecular complexity index is 985. The molecule has 1 aromatic carbocycles. The highest BCUT2D eigenvalue weighted by atomic mass is 16.3. The Morgan fingerprint density at radius 3 is 2.50 bits per heavy atom. The minimum absolute atomic E-state index is 0.0607. The number of rotatable bonds is 7. The van der Waals surface area contributed by atoms with Gasteiger partial charge in [-0.25, -0.2) is 0 Å². The van der Waals surface area contributed by atoms with E-state index in [-0.39, 0.29) is 28.6 Å². The zero-order valence-corrected chi connectivity index (χ0v) is 16.2. The first-order valence-electron chi connectivity index (χ1n) is 9.11. The van der Waals surface area contributed by atoms with E-state index in [0.717, 1.165) is 11.0 Å². The molecule has 0 saturated heterocycles. The fraction of sp³-hybridized carbons (Fsp3) is 0.350. The van der Waals surface area contributed by atoms with Crippen LogP contribution in [-0.2, 0) is 6.54 Å². The van der Waals surface area contributed by atoms with E-state index in [9.17, 15) is 20.0 Å². The molecule has 0 atom stereocenters. The van der Waals surface area contributed by atoms with Crippen molar-refractivity contribution in [2.24, 2.45) is 10.2 Å². The molecule has 0 fully saturated rings. The summed E-state index contributed by atoms with van der Waals surface area (Å²) in [5.74, 6) is -0.487. The van der Waals surface area contributed by atoms with E-state index >= 15 is 0 Å². The van der Waals surface area contributed by atoms with Crippen molar-refractivity contribution in [1.29, 1.82) is 5.26 Å². The smallest absolute Gasteiger partial charge is 0.271 e. The topological polar surface area (TPSA) is 120 Å². The Hall–Kier alpha value is -3.47.